The smallest absolute Gasteiger partial charge is 0.0662 e. The van der Waals surface area contributed by atoms with Crippen LogP contribution in [0, 0.1) is 0 Å². The van der Waals surface area contributed by atoms with Gasteiger partial charge < -0.3 is 15.2 Å². The van der Waals surface area contributed by atoms with E-state index in [4.69, 9.17) is 15.2 Å². The molecule has 1 aromatic heterocycles. The van der Waals surface area contributed by atoms with Gasteiger partial charge in [-0.3, -0.25) is 4.68 Å². The summed E-state index contributed by atoms with van der Waals surface area (Å²) < 4.78 is 12.3. The van der Waals surface area contributed by atoms with Crippen molar-refractivity contribution in [1.29, 1.82) is 0 Å². The Hall–Kier alpha value is -1.85. The lowest BCUT2D eigenvalue weighted by Crippen LogP contribution is -2.08. The van der Waals surface area contributed by atoms with E-state index in [0.29, 0.717) is 13.2 Å². The van der Waals surface area contributed by atoms with Crippen LogP contribution in [0.15, 0.2) is 36.7 Å². The highest BCUT2D eigenvalue weighted by Crippen LogP contribution is 2.24. The molecular formula is C15H21N3O2. The minimum absolute atomic E-state index is 0.648. The van der Waals surface area contributed by atoms with Gasteiger partial charge in [0.25, 0.3) is 0 Å². The molecule has 1 aromatic carbocycles. The average molecular weight is 275 g/mol. The molecule has 0 bridgehead atoms. The van der Waals surface area contributed by atoms with Crippen molar-refractivity contribution >= 4 is 5.69 Å². The van der Waals surface area contributed by atoms with Gasteiger partial charge in [-0.25, -0.2) is 0 Å². The number of nitrogens with zero attached hydrogens (tertiary/aromatic N) is 2. The number of methoxy groups -OCH3 is 1. The molecule has 0 aliphatic rings. The number of nitrogens with two attached hydrogens (primary N) is 1. The zero-order valence-corrected chi connectivity index (χ0v) is 11.8. The zero-order chi connectivity index (χ0) is 14.2. The van der Waals surface area contributed by atoms with Gasteiger partial charge in [0, 0.05) is 43.3 Å². The van der Waals surface area contributed by atoms with Gasteiger partial charge in [0.1, 0.15) is 0 Å². The lowest BCUT2D eigenvalue weighted by Gasteiger charge is -2.04. The van der Waals surface area contributed by atoms with Crippen LogP contribution in [0.1, 0.15) is 6.42 Å². The van der Waals surface area contributed by atoms with Gasteiger partial charge in [0.15, 0.2) is 0 Å². The van der Waals surface area contributed by atoms with E-state index < -0.39 is 0 Å². The van der Waals surface area contributed by atoms with Crippen molar-refractivity contribution in [2.24, 2.45) is 0 Å². The van der Waals surface area contributed by atoms with E-state index in [1.807, 2.05) is 41.3 Å². The summed E-state index contributed by atoms with van der Waals surface area (Å²) in [4.78, 5) is 0. The molecule has 0 radical (unpaired) electrons. The minimum atomic E-state index is 0.648. The summed E-state index contributed by atoms with van der Waals surface area (Å²) in [6.45, 7) is 2.83. The highest BCUT2D eigenvalue weighted by Gasteiger charge is 2.04. The highest BCUT2D eigenvalue weighted by atomic mass is 16.5. The van der Waals surface area contributed by atoms with Crippen molar-refractivity contribution in [3.8, 4) is 11.1 Å². The second-order valence-electron chi connectivity index (χ2n) is 4.54. The molecule has 0 atom stereocenters. The van der Waals surface area contributed by atoms with E-state index in [9.17, 15) is 0 Å². The number of hydrogen-bond donors (Lipinski definition) is 1. The van der Waals surface area contributed by atoms with Gasteiger partial charge in [-0.05, 0) is 12.5 Å². The van der Waals surface area contributed by atoms with E-state index in [2.05, 4.69) is 5.10 Å². The summed E-state index contributed by atoms with van der Waals surface area (Å²) in [5.74, 6) is 0. The standard InChI is InChI=1S/C15H21N3O2/c1-19-8-4-9-20-10-7-18-12-13(11-17-18)14-5-2-3-6-15(14)16/h2-3,5-6,11-12H,4,7-10,16H2,1H3. The van der Waals surface area contributed by atoms with Gasteiger partial charge in [0.05, 0.1) is 19.3 Å². The third-order valence-corrected chi connectivity index (χ3v) is 3.01. The number of nitrogen functional groups attached to an aromatic ring is 1. The Morgan fingerprint density at radius 3 is 2.85 bits per heavy atom. The Bertz CT molecular complexity index is 525. The highest BCUT2D eigenvalue weighted by molar-refractivity contribution is 5.75. The van der Waals surface area contributed by atoms with E-state index in [0.717, 1.165) is 36.4 Å². The molecule has 0 spiro atoms. The first-order chi connectivity index (χ1) is 9.81. The molecule has 2 N–H and O–H groups in total. The van der Waals surface area contributed by atoms with Crippen molar-refractivity contribution < 1.29 is 9.47 Å². The van der Waals surface area contributed by atoms with Gasteiger partial charge in [-0.2, -0.15) is 5.10 Å². The average Bonchev–Trinajstić information content (AvgIpc) is 2.92. The van der Waals surface area contributed by atoms with E-state index in [1.165, 1.54) is 0 Å². The Kier molecular flexibility index (Phi) is 5.58. The van der Waals surface area contributed by atoms with Crippen molar-refractivity contribution in [2.75, 3.05) is 32.7 Å². The number of rotatable bonds is 8. The molecule has 108 valence electrons. The van der Waals surface area contributed by atoms with Crippen LogP contribution in [0.25, 0.3) is 11.1 Å². The number of anilines is 1. The summed E-state index contributed by atoms with van der Waals surface area (Å²) in [5.41, 5.74) is 8.77. The van der Waals surface area contributed by atoms with Crippen LogP contribution >= 0.6 is 0 Å². The van der Waals surface area contributed by atoms with Crippen LogP contribution in [0.5, 0.6) is 0 Å². The monoisotopic (exact) mass is 275 g/mol. The van der Waals surface area contributed by atoms with Gasteiger partial charge in [-0.15, -0.1) is 0 Å². The fraction of sp³-hybridized carbons (Fsp3) is 0.400. The molecule has 0 aliphatic carbocycles. The lowest BCUT2D eigenvalue weighted by atomic mass is 10.1. The molecule has 0 fully saturated rings. The largest absolute Gasteiger partial charge is 0.398 e. The Balaban J connectivity index is 1.82. The first-order valence-electron chi connectivity index (χ1n) is 6.75. The van der Waals surface area contributed by atoms with Crippen LogP contribution in [0.3, 0.4) is 0 Å². The lowest BCUT2D eigenvalue weighted by molar-refractivity contribution is 0.0961. The maximum Gasteiger partial charge on any atom is 0.0662 e. The number of para-hydroxylation sites is 1. The van der Waals surface area contributed by atoms with Gasteiger partial charge >= 0.3 is 0 Å². The summed E-state index contributed by atoms with van der Waals surface area (Å²) in [7, 11) is 1.69. The number of benzene rings is 1. The molecule has 0 saturated heterocycles. The number of ether oxygens (including phenoxy) is 2. The van der Waals surface area contributed by atoms with Crippen LogP contribution in [-0.2, 0) is 16.0 Å². The fourth-order valence-corrected chi connectivity index (χ4v) is 1.95. The molecule has 2 aromatic rings. The van der Waals surface area contributed by atoms with Crippen LogP contribution in [-0.4, -0.2) is 36.7 Å². The first-order valence-corrected chi connectivity index (χ1v) is 6.75. The molecular weight excluding hydrogens is 254 g/mol. The van der Waals surface area contributed by atoms with E-state index in [1.54, 1.807) is 7.11 Å². The normalized spacial score (nSPS) is 10.8. The predicted molar refractivity (Wildman–Crippen MR) is 79.4 cm³/mol. The summed E-state index contributed by atoms with van der Waals surface area (Å²) >= 11 is 0. The van der Waals surface area contributed by atoms with Gasteiger partial charge in [0.2, 0.25) is 0 Å². The third kappa shape index (κ3) is 4.08. The summed E-state index contributed by atoms with van der Waals surface area (Å²) in [6.07, 6.45) is 4.74. The molecule has 0 saturated carbocycles. The van der Waals surface area contributed by atoms with Crippen molar-refractivity contribution in [3.63, 3.8) is 0 Å². The van der Waals surface area contributed by atoms with Crippen molar-refractivity contribution in [1.82, 2.24) is 9.78 Å². The topological polar surface area (TPSA) is 62.3 Å². The Morgan fingerprint density at radius 1 is 1.20 bits per heavy atom. The molecule has 20 heavy (non-hydrogen) atoms. The van der Waals surface area contributed by atoms with Crippen molar-refractivity contribution in [2.45, 2.75) is 13.0 Å². The maximum atomic E-state index is 5.96. The third-order valence-electron chi connectivity index (χ3n) is 3.01. The maximum absolute atomic E-state index is 5.96. The quantitative estimate of drug-likeness (QED) is 0.592. The second-order valence-corrected chi connectivity index (χ2v) is 4.54. The summed E-state index contributed by atoms with van der Waals surface area (Å²) in [6, 6.07) is 7.79. The molecule has 0 aliphatic heterocycles. The molecule has 0 unspecified atom stereocenters. The van der Waals surface area contributed by atoms with E-state index in [-0.39, 0.29) is 0 Å². The molecule has 2 rings (SSSR count). The minimum Gasteiger partial charge on any atom is -0.398 e. The fourth-order valence-electron chi connectivity index (χ4n) is 1.95. The molecule has 1 heterocycles. The van der Waals surface area contributed by atoms with Crippen molar-refractivity contribution in [3.05, 3.63) is 36.7 Å². The van der Waals surface area contributed by atoms with Crippen LogP contribution in [0.4, 0.5) is 5.69 Å². The number of hydrogen-bond acceptors (Lipinski definition) is 4. The van der Waals surface area contributed by atoms with Crippen LogP contribution < -0.4 is 5.73 Å². The summed E-state index contributed by atoms with van der Waals surface area (Å²) in [5, 5.41) is 4.32. The predicted octanol–water partition coefficient (Wildman–Crippen LogP) is 2.19. The SMILES string of the molecule is COCCCOCCn1cc(-c2ccccc2N)cn1. The molecule has 0 amide bonds. The molecule has 5 heteroatoms. The Labute approximate surface area is 119 Å². The van der Waals surface area contributed by atoms with Crippen LogP contribution in [0.2, 0.25) is 0 Å². The first kappa shape index (κ1) is 14.6. The zero-order valence-electron chi connectivity index (χ0n) is 11.8. The van der Waals surface area contributed by atoms with Gasteiger partial charge in [-0.1, -0.05) is 18.2 Å². The Morgan fingerprint density at radius 2 is 2.05 bits per heavy atom. The van der Waals surface area contributed by atoms with E-state index >= 15 is 0 Å². The number of aromatic nitrogens is 2. The second kappa shape index (κ2) is 7.67. The molecule has 5 nitrogen and oxygen atoms in total.